The number of hydrogen-bond donors (Lipinski definition) is 3. The second-order valence-corrected chi connectivity index (χ2v) is 2.09. The molecule has 0 saturated carbocycles. The van der Waals surface area contributed by atoms with Gasteiger partial charge in [-0.15, -0.1) is 0 Å². The van der Waals surface area contributed by atoms with E-state index in [4.69, 9.17) is 10.2 Å². The van der Waals surface area contributed by atoms with E-state index in [1.165, 1.54) is 13.3 Å². The smallest absolute Gasteiger partial charge is 0.331 e. The minimum atomic E-state index is -0.489. The van der Waals surface area contributed by atoms with Crippen LogP contribution in [0.1, 0.15) is 0 Å². The third kappa shape index (κ3) is 4.70. The maximum Gasteiger partial charge on any atom is 0.331 e. The molecule has 3 N–H and O–H groups in total. The van der Waals surface area contributed by atoms with E-state index in [-0.39, 0.29) is 13.2 Å². The summed E-state index contributed by atoms with van der Waals surface area (Å²) in [7, 11) is 1.27. The van der Waals surface area contributed by atoms with Gasteiger partial charge in [0.05, 0.1) is 26.4 Å². The first kappa shape index (κ1) is 10.9. The Balaban J connectivity index is 3.64. The lowest BCUT2D eigenvalue weighted by molar-refractivity contribution is -0.134. The first-order chi connectivity index (χ1) is 5.74. The summed E-state index contributed by atoms with van der Waals surface area (Å²) in [6, 6.07) is -0.439. The molecule has 0 bridgehead atoms. The third-order valence-electron chi connectivity index (χ3n) is 1.19. The van der Waals surface area contributed by atoms with Crippen LogP contribution in [-0.4, -0.2) is 42.5 Å². The van der Waals surface area contributed by atoms with Crippen LogP contribution >= 0.6 is 0 Å². The zero-order chi connectivity index (χ0) is 9.40. The Kier molecular flexibility index (Phi) is 6.04. The normalized spacial score (nSPS) is 10.7. The molecule has 0 aromatic heterocycles. The van der Waals surface area contributed by atoms with E-state index in [0.717, 1.165) is 6.08 Å². The number of nitrogens with one attached hydrogen (secondary N) is 1. The van der Waals surface area contributed by atoms with Crippen LogP contribution in [0, 0.1) is 0 Å². The summed E-state index contributed by atoms with van der Waals surface area (Å²) in [6.07, 6.45) is 2.49. The molecule has 0 atom stereocenters. The van der Waals surface area contributed by atoms with Crippen LogP contribution in [0.5, 0.6) is 0 Å². The molecule has 0 aliphatic carbocycles. The van der Waals surface area contributed by atoms with Crippen LogP contribution in [-0.2, 0) is 9.53 Å². The average Bonchev–Trinajstić information content (AvgIpc) is 2.12. The summed E-state index contributed by atoms with van der Waals surface area (Å²) >= 11 is 0. The van der Waals surface area contributed by atoms with Gasteiger partial charge in [-0.1, -0.05) is 0 Å². The monoisotopic (exact) mass is 175 g/mol. The molecule has 0 aromatic rings. The number of rotatable bonds is 5. The van der Waals surface area contributed by atoms with Crippen molar-refractivity contribution < 1.29 is 19.7 Å². The highest BCUT2D eigenvalue weighted by atomic mass is 16.5. The largest absolute Gasteiger partial charge is 0.466 e. The van der Waals surface area contributed by atoms with Crippen molar-refractivity contribution in [2.75, 3.05) is 20.3 Å². The topological polar surface area (TPSA) is 78.8 Å². The molecule has 12 heavy (non-hydrogen) atoms. The van der Waals surface area contributed by atoms with E-state index < -0.39 is 12.0 Å². The standard InChI is InChI=1S/C7H13NO4/c1-12-7(11)2-3-8-6(4-9)5-10/h2-3,6,8-10H,4-5H2,1H3/b3-2+. The summed E-state index contributed by atoms with van der Waals surface area (Å²) in [5.41, 5.74) is 0. The van der Waals surface area contributed by atoms with Crippen molar-refractivity contribution in [2.45, 2.75) is 6.04 Å². The van der Waals surface area contributed by atoms with Crippen molar-refractivity contribution in [3.8, 4) is 0 Å². The Morgan fingerprint density at radius 1 is 1.58 bits per heavy atom. The number of hydrogen-bond acceptors (Lipinski definition) is 5. The Morgan fingerprint density at radius 2 is 2.17 bits per heavy atom. The number of methoxy groups -OCH3 is 1. The molecule has 0 aliphatic rings. The molecule has 0 saturated heterocycles. The molecule has 0 rings (SSSR count). The second kappa shape index (κ2) is 6.63. The molecular weight excluding hydrogens is 162 g/mol. The van der Waals surface area contributed by atoms with Crippen LogP contribution in [0.15, 0.2) is 12.3 Å². The Labute approximate surface area is 70.7 Å². The van der Waals surface area contributed by atoms with Gasteiger partial charge < -0.3 is 20.3 Å². The lowest BCUT2D eigenvalue weighted by Gasteiger charge is -2.09. The maximum absolute atomic E-state index is 10.5. The molecule has 0 unspecified atom stereocenters. The Morgan fingerprint density at radius 3 is 2.58 bits per heavy atom. The van der Waals surface area contributed by atoms with Gasteiger partial charge in [-0.3, -0.25) is 0 Å². The van der Waals surface area contributed by atoms with Gasteiger partial charge in [0.1, 0.15) is 0 Å². The van der Waals surface area contributed by atoms with E-state index in [1.807, 2.05) is 0 Å². The Bertz CT molecular complexity index is 153. The molecule has 0 aliphatic heterocycles. The van der Waals surface area contributed by atoms with Crippen LogP contribution in [0.4, 0.5) is 0 Å². The van der Waals surface area contributed by atoms with Crippen molar-refractivity contribution in [1.29, 1.82) is 0 Å². The van der Waals surface area contributed by atoms with E-state index in [2.05, 4.69) is 10.1 Å². The second-order valence-electron chi connectivity index (χ2n) is 2.09. The highest BCUT2D eigenvalue weighted by molar-refractivity contribution is 5.81. The van der Waals surface area contributed by atoms with Crippen LogP contribution in [0.3, 0.4) is 0 Å². The van der Waals surface area contributed by atoms with Gasteiger partial charge in [0.15, 0.2) is 0 Å². The predicted molar refractivity (Wildman–Crippen MR) is 42.3 cm³/mol. The van der Waals surface area contributed by atoms with Gasteiger partial charge in [-0.2, -0.15) is 0 Å². The SMILES string of the molecule is COC(=O)/C=C/NC(CO)CO. The van der Waals surface area contributed by atoms with Gasteiger partial charge in [0, 0.05) is 12.3 Å². The summed E-state index contributed by atoms with van der Waals surface area (Å²) in [4.78, 5) is 10.5. The van der Waals surface area contributed by atoms with Gasteiger partial charge >= 0.3 is 5.97 Å². The minimum absolute atomic E-state index is 0.192. The summed E-state index contributed by atoms with van der Waals surface area (Å²) in [5, 5.41) is 19.8. The number of ether oxygens (including phenoxy) is 1. The Hall–Kier alpha value is -1.07. The fourth-order valence-electron chi connectivity index (χ4n) is 0.483. The van der Waals surface area contributed by atoms with Gasteiger partial charge in [-0.05, 0) is 0 Å². The zero-order valence-electron chi connectivity index (χ0n) is 6.86. The van der Waals surface area contributed by atoms with E-state index in [1.54, 1.807) is 0 Å². The van der Waals surface area contributed by atoms with Crippen LogP contribution in [0.25, 0.3) is 0 Å². The third-order valence-corrected chi connectivity index (χ3v) is 1.19. The quantitative estimate of drug-likeness (QED) is 0.354. The molecular formula is C7H13NO4. The minimum Gasteiger partial charge on any atom is -0.466 e. The average molecular weight is 175 g/mol. The van der Waals surface area contributed by atoms with Crippen molar-refractivity contribution in [3.05, 3.63) is 12.3 Å². The van der Waals surface area contributed by atoms with Gasteiger partial charge in [0.25, 0.3) is 0 Å². The predicted octanol–water partition coefficient (Wildman–Crippen LogP) is -1.38. The van der Waals surface area contributed by atoms with E-state index in [9.17, 15) is 4.79 Å². The number of esters is 1. The molecule has 0 radical (unpaired) electrons. The van der Waals surface area contributed by atoms with Gasteiger partial charge in [0.2, 0.25) is 0 Å². The molecule has 0 aromatic carbocycles. The number of carbonyl (C=O) groups is 1. The van der Waals surface area contributed by atoms with Crippen LogP contribution < -0.4 is 5.32 Å². The van der Waals surface area contributed by atoms with Crippen molar-refractivity contribution in [3.63, 3.8) is 0 Å². The van der Waals surface area contributed by atoms with E-state index in [0.29, 0.717) is 0 Å². The molecule has 0 heterocycles. The van der Waals surface area contributed by atoms with Crippen molar-refractivity contribution >= 4 is 5.97 Å². The molecule has 70 valence electrons. The molecule has 5 heteroatoms. The number of carbonyl (C=O) groups excluding carboxylic acids is 1. The number of aliphatic hydroxyl groups is 2. The van der Waals surface area contributed by atoms with Crippen LogP contribution in [0.2, 0.25) is 0 Å². The lowest BCUT2D eigenvalue weighted by Crippen LogP contribution is -2.31. The summed E-state index contributed by atoms with van der Waals surface area (Å²) in [6.45, 7) is -0.385. The maximum atomic E-state index is 10.5. The van der Waals surface area contributed by atoms with Crippen molar-refractivity contribution in [2.24, 2.45) is 0 Å². The summed E-state index contributed by atoms with van der Waals surface area (Å²) < 4.78 is 4.31. The fraction of sp³-hybridized carbons (Fsp3) is 0.571. The fourth-order valence-corrected chi connectivity index (χ4v) is 0.483. The highest BCUT2D eigenvalue weighted by Gasteiger charge is 2.00. The van der Waals surface area contributed by atoms with Crippen molar-refractivity contribution in [1.82, 2.24) is 5.32 Å². The lowest BCUT2D eigenvalue weighted by atomic mass is 10.3. The molecule has 5 nitrogen and oxygen atoms in total. The van der Waals surface area contributed by atoms with Gasteiger partial charge in [-0.25, -0.2) is 4.79 Å². The molecule has 0 spiro atoms. The first-order valence-electron chi connectivity index (χ1n) is 3.46. The van der Waals surface area contributed by atoms with E-state index >= 15 is 0 Å². The first-order valence-corrected chi connectivity index (χ1v) is 3.46. The number of aliphatic hydroxyl groups excluding tert-OH is 2. The molecule has 0 amide bonds. The highest BCUT2D eigenvalue weighted by Crippen LogP contribution is 1.80. The zero-order valence-corrected chi connectivity index (χ0v) is 6.86. The molecule has 0 fully saturated rings. The summed E-state index contributed by atoms with van der Waals surface area (Å²) in [5.74, 6) is -0.489.